The Morgan fingerprint density at radius 3 is 2.39 bits per heavy atom. The largest absolute Gasteiger partial charge is 0.461 e. The van der Waals surface area contributed by atoms with E-state index in [-0.39, 0.29) is 25.2 Å². The average molecular weight is 320 g/mol. The van der Waals surface area contributed by atoms with E-state index < -0.39 is 11.9 Å². The maximum absolute atomic E-state index is 11.5. The number of amides is 2. The fraction of sp³-hybridized carbons (Fsp3) is 0.312. The molecule has 23 heavy (non-hydrogen) atoms. The fourth-order valence-electron chi connectivity index (χ4n) is 1.45. The van der Waals surface area contributed by atoms with E-state index in [1.807, 2.05) is 13.8 Å². The van der Waals surface area contributed by atoms with Gasteiger partial charge in [-0.05, 0) is 26.0 Å². The number of nitrogens with one attached hydrogen (secondary N) is 2. The molecule has 0 fully saturated rings. The van der Waals surface area contributed by atoms with Crippen molar-refractivity contribution in [1.29, 1.82) is 0 Å². The Bertz CT molecular complexity index is 555. The number of hydrogen-bond donors (Lipinski definition) is 2. The summed E-state index contributed by atoms with van der Waals surface area (Å²) in [6.45, 7) is 3.84. The van der Waals surface area contributed by atoms with Gasteiger partial charge in [0.25, 0.3) is 0 Å². The van der Waals surface area contributed by atoms with E-state index in [2.05, 4.69) is 10.6 Å². The van der Waals surface area contributed by atoms with Gasteiger partial charge in [-0.2, -0.15) is 0 Å². The van der Waals surface area contributed by atoms with Crippen molar-refractivity contribution in [3.8, 4) is 5.75 Å². The van der Waals surface area contributed by atoms with Gasteiger partial charge in [0.05, 0.1) is 6.54 Å². The lowest BCUT2D eigenvalue weighted by molar-refractivity contribution is -0.138. The second-order valence-electron chi connectivity index (χ2n) is 4.79. The maximum atomic E-state index is 11.5. The van der Waals surface area contributed by atoms with Gasteiger partial charge in [0, 0.05) is 18.2 Å². The zero-order valence-corrected chi connectivity index (χ0v) is 13.1. The SMILES string of the molecule is CC(C)NC(=O)NCCOC(=O)/C=C/C(=O)Oc1ccccc1. The number of para-hydroxylation sites is 1. The van der Waals surface area contributed by atoms with E-state index in [1.165, 1.54) is 0 Å². The minimum absolute atomic E-state index is 0.00240. The smallest absolute Gasteiger partial charge is 0.336 e. The number of urea groups is 1. The van der Waals surface area contributed by atoms with Crippen LogP contribution in [0.1, 0.15) is 13.8 Å². The summed E-state index contributed by atoms with van der Waals surface area (Å²) >= 11 is 0. The summed E-state index contributed by atoms with van der Waals surface area (Å²) in [6, 6.07) is 8.18. The lowest BCUT2D eigenvalue weighted by Gasteiger charge is -2.09. The van der Waals surface area contributed by atoms with E-state index in [0.29, 0.717) is 5.75 Å². The summed E-state index contributed by atoms with van der Waals surface area (Å²) in [5.74, 6) is -0.987. The van der Waals surface area contributed by atoms with Crippen molar-refractivity contribution in [1.82, 2.24) is 10.6 Å². The molecule has 0 saturated carbocycles. The van der Waals surface area contributed by atoms with Gasteiger partial charge in [-0.25, -0.2) is 14.4 Å². The van der Waals surface area contributed by atoms with Crippen LogP contribution in [0.3, 0.4) is 0 Å². The van der Waals surface area contributed by atoms with E-state index >= 15 is 0 Å². The van der Waals surface area contributed by atoms with Crippen molar-refractivity contribution in [3.05, 3.63) is 42.5 Å². The first-order chi connectivity index (χ1) is 11.0. The van der Waals surface area contributed by atoms with Gasteiger partial charge in [0.1, 0.15) is 12.4 Å². The molecule has 0 heterocycles. The molecule has 124 valence electrons. The molecule has 1 rings (SSSR count). The van der Waals surface area contributed by atoms with Crippen molar-refractivity contribution >= 4 is 18.0 Å². The minimum atomic E-state index is -0.693. The molecule has 0 aliphatic heterocycles. The predicted molar refractivity (Wildman–Crippen MR) is 83.8 cm³/mol. The summed E-state index contributed by atoms with van der Waals surface area (Å²) in [7, 11) is 0. The van der Waals surface area contributed by atoms with Crippen LogP contribution in [0.2, 0.25) is 0 Å². The molecule has 0 saturated heterocycles. The van der Waals surface area contributed by atoms with Crippen LogP contribution in [0.15, 0.2) is 42.5 Å². The van der Waals surface area contributed by atoms with Crippen LogP contribution in [0, 0.1) is 0 Å². The lowest BCUT2D eigenvalue weighted by atomic mass is 10.3. The van der Waals surface area contributed by atoms with Crippen molar-refractivity contribution in [2.24, 2.45) is 0 Å². The molecule has 0 bridgehead atoms. The molecule has 0 aromatic heterocycles. The van der Waals surface area contributed by atoms with Gasteiger partial charge in [-0.15, -0.1) is 0 Å². The molecular weight excluding hydrogens is 300 g/mol. The zero-order valence-electron chi connectivity index (χ0n) is 13.1. The predicted octanol–water partition coefficient (Wildman–Crippen LogP) is 1.40. The van der Waals surface area contributed by atoms with Gasteiger partial charge in [0.15, 0.2) is 0 Å². The van der Waals surface area contributed by atoms with Crippen molar-refractivity contribution in [2.75, 3.05) is 13.2 Å². The summed E-state index contributed by atoms with van der Waals surface area (Å²) in [5.41, 5.74) is 0. The Labute approximate surface area is 134 Å². The highest BCUT2D eigenvalue weighted by Gasteiger charge is 2.04. The molecular formula is C16H20N2O5. The molecule has 0 radical (unpaired) electrons. The number of hydrogen-bond acceptors (Lipinski definition) is 5. The highest BCUT2D eigenvalue weighted by atomic mass is 16.5. The number of carbonyl (C=O) groups is 3. The third-order valence-corrected chi connectivity index (χ3v) is 2.37. The monoisotopic (exact) mass is 320 g/mol. The summed E-state index contributed by atoms with van der Waals surface area (Å²) in [5, 5.41) is 5.15. The Morgan fingerprint density at radius 2 is 1.74 bits per heavy atom. The minimum Gasteiger partial charge on any atom is -0.461 e. The molecule has 0 aliphatic carbocycles. The topological polar surface area (TPSA) is 93.7 Å². The standard InChI is InChI=1S/C16H20N2O5/c1-12(2)18-16(21)17-10-11-22-14(19)8-9-15(20)23-13-6-4-3-5-7-13/h3-9,12H,10-11H2,1-2H3,(H2,17,18,21)/b9-8+. The molecule has 1 aromatic rings. The van der Waals surface area contributed by atoms with Gasteiger partial charge in [0.2, 0.25) is 0 Å². The van der Waals surface area contributed by atoms with Crippen LogP contribution in [-0.2, 0) is 14.3 Å². The second kappa shape index (κ2) is 9.99. The molecule has 0 unspecified atom stereocenters. The lowest BCUT2D eigenvalue weighted by Crippen LogP contribution is -2.40. The van der Waals surface area contributed by atoms with E-state index in [9.17, 15) is 14.4 Å². The normalized spacial score (nSPS) is 10.4. The summed E-state index contributed by atoms with van der Waals surface area (Å²) < 4.78 is 9.78. The quantitative estimate of drug-likeness (QED) is 0.343. The number of ether oxygens (including phenoxy) is 2. The highest BCUT2D eigenvalue weighted by Crippen LogP contribution is 2.08. The molecule has 0 spiro atoms. The molecule has 0 aliphatic rings. The zero-order chi connectivity index (χ0) is 17.1. The van der Waals surface area contributed by atoms with Crippen LogP contribution >= 0.6 is 0 Å². The van der Waals surface area contributed by atoms with Crippen molar-refractivity contribution in [2.45, 2.75) is 19.9 Å². The molecule has 7 nitrogen and oxygen atoms in total. The molecule has 2 amide bonds. The van der Waals surface area contributed by atoms with Crippen LogP contribution < -0.4 is 15.4 Å². The van der Waals surface area contributed by atoms with Crippen LogP contribution in [0.5, 0.6) is 5.75 Å². The fourth-order valence-corrected chi connectivity index (χ4v) is 1.45. The van der Waals surface area contributed by atoms with Crippen molar-refractivity contribution < 1.29 is 23.9 Å². The average Bonchev–Trinajstić information content (AvgIpc) is 2.50. The molecule has 7 heteroatoms. The first-order valence-corrected chi connectivity index (χ1v) is 7.13. The van der Waals surface area contributed by atoms with Gasteiger partial charge < -0.3 is 20.1 Å². The Balaban J connectivity index is 2.20. The number of benzene rings is 1. The third kappa shape index (κ3) is 8.92. The van der Waals surface area contributed by atoms with Gasteiger partial charge >= 0.3 is 18.0 Å². The Kier molecular flexibility index (Phi) is 7.91. The first-order valence-electron chi connectivity index (χ1n) is 7.13. The number of carbonyl (C=O) groups excluding carboxylic acids is 3. The second-order valence-corrected chi connectivity index (χ2v) is 4.79. The Hall–Kier alpha value is -2.83. The third-order valence-electron chi connectivity index (χ3n) is 2.37. The van der Waals surface area contributed by atoms with Gasteiger partial charge in [-0.3, -0.25) is 0 Å². The van der Waals surface area contributed by atoms with E-state index in [0.717, 1.165) is 12.2 Å². The first kappa shape index (κ1) is 18.2. The number of esters is 2. The maximum Gasteiger partial charge on any atom is 0.336 e. The van der Waals surface area contributed by atoms with E-state index in [1.54, 1.807) is 30.3 Å². The number of rotatable bonds is 7. The van der Waals surface area contributed by atoms with Crippen LogP contribution in [0.4, 0.5) is 4.79 Å². The van der Waals surface area contributed by atoms with Crippen LogP contribution in [0.25, 0.3) is 0 Å². The summed E-state index contributed by atoms with van der Waals surface area (Å²) in [4.78, 5) is 34.1. The molecule has 2 N–H and O–H groups in total. The molecule has 0 atom stereocenters. The summed E-state index contributed by atoms with van der Waals surface area (Å²) in [6.07, 6.45) is 1.95. The highest BCUT2D eigenvalue weighted by molar-refractivity contribution is 5.92. The van der Waals surface area contributed by atoms with Crippen LogP contribution in [-0.4, -0.2) is 37.2 Å². The molecule has 1 aromatic carbocycles. The van der Waals surface area contributed by atoms with Crippen molar-refractivity contribution in [3.63, 3.8) is 0 Å². The van der Waals surface area contributed by atoms with E-state index in [4.69, 9.17) is 9.47 Å². The Morgan fingerprint density at radius 1 is 1.09 bits per heavy atom. The van der Waals surface area contributed by atoms with Gasteiger partial charge in [-0.1, -0.05) is 18.2 Å².